The third-order valence-electron chi connectivity index (χ3n) is 6.86. The van der Waals surface area contributed by atoms with Crippen molar-refractivity contribution in [2.45, 2.75) is 50.4 Å². The molecule has 5 rings (SSSR count). The fourth-order valence-corrected chi connectivity index (χ4v) is 4.95. The summed E-state index contributed by atoms with van der Waals surface area (Å²) >= 11 is 0. The molecule has 4 amide bonds. The summed E-state index contributed by atoms with van der Waals surface area (Å²) < 4.78 is 0. The van der Waals surface area contributed by atoms with Gasteiger partial charge in [-0.05, 0) is 36.8 Å². The van der Waals surface area contributed by atoms with E-state index >= 15 is 0 Å². The van der Waals surface area contributed by atoms with Crippen LogP contribution < -0.4 is 5.32 Å². The predicted molar refractivity (Wildman–Crippen MR) is 124 cm³/mol. The molecule has 33 heavy (non-hydrogen) atoms. The minimum atomic E-state index is -0.728. The van der Waals surface area contributed by atoms with E-state index < -0.39 is 12.1 Å². The van der Waals surface area contributed by atoms with Gasteiger partial charge in [0.15, 0.2) is 0 Å². The number of amides is 4. The van der Waals surface area contributed by atoms with Gasteiger partial charge in [0.2, 0.25) is 5.91 Å². The van der Waals surface area contributed by atoms with Crippen LogP contribution in [0.25, 0.3) is 0 Å². The fourth-order valence-electron chi connectivity index (χ4n) is 4.95. The van der Waals surface area contributed by atoms with Crippen molar-refractivity contribution in [1.29, 1.82) is 0 Å². The highest BCUT2D eigenvalue weighted by molar-refractivity contribution is 6.06. The molecule has 0 aromatic heterocycles. The number of piperidine rings is 1. The van der Waals surface area contributed by atoms with Gasteiger partial charge in [-0.25, -0.2) is 4.79 Å². The Hall–Kier alpha value is -3.19. The van der Waals surface area contributed by atoms with Crippen molar-refractivity contribution in [2.75, 3.05) is 19.6 Å². The Morgan fingerprint density at radius 2 is 1.52 bits per heavy atom. The summed E-state index contributed by atoms with van der Waals surface area (Å²) in [6.45, 7) is 2.06. The van der Waals surface area contributed by atoms with E-state index in [1.54, 1.807) is 4.90 Å². The SMILES string of the molecule is O=C(CN1C(=O)C(c2ccccc2)N(Cc2ccccc2)C1=O)NC1CCN(C2CC2)CC1. The number of carbonyl (C=O) groups is 3. The van der Waals surface area contributed by atoms with Crippen molar-refractivity contribution < 1.29 is 14.4 Å². The molecule has 3 fully saturated rings. The minimum Gasteiger partial charge on any atom is -0.352 e. The summed E-state index contributed by atoms with van der Waals surface area (Å²) in [6.07, 6.45) is 4.41. The largest absolute Gasteiger partial charge is 0.352 e. The highest BCUT2D eigenvalue weighted by atomic mass is 16.2. The Balaban J connectivity index is 1.27. The molecule has 2 aromatic rings. The van der Waals surface area contributed by atoms with Gasteiger partial charge in [-0.15, -0.1) is 0 Å². The van der Waals surface area contributed by atoms with Crippen LogP contribution in [-0.2, 0) is 16.1 Å². The van der Waals surface area contributed by atoms with Gasteiger partial charge in [0.05, 0.1) is 0 Å². The van der Waals surface area contributed by atoms with E-state index in [1.165, 1.54) is 12.8 Å². The zero-order valence-corrected chi connectivity index (χ0v) is 18.7. The van der Waals surface area contributed by atoms with Gasteiger partial charge in [-0.2, -0.15) is 0 Å². The van der Waals surface area contributed by atoms with Crippen LogP contribution in [-0.4, -0.2) is 64.3 Å². The smallest absolute Gasteiger partial charge is 0.328 e. The van der Waals surface area contributed by atoms with E-state index in [4.69, 9.17) is 0 Å². The van der Waals surface area contributed by atoms with E-state index in [0.29, 0.717) is 6.54 Å². The Morgan fingerprint density at radius 3 is 2.15 bits per heavy atom. The fraction of sp³-hybridized carbons (Fsp3) is 0.423. The second-order valence-corrected chi connectivity index (χ2v) is 9.24. The first-order valence-corrected chi connectivity index (χ1v) is 11.8. The first-order chi connectivity index (χ1) is 16.1. The number of likely N-dealkylation sites (tertiary alicyclic amines) is 1. The molecule has 7 nitrogen and oxygen atoms in total. The molecule has 7 heteroatoms. The van der Waals surface area contributed by atoms with E-state index in [9.17, 15) is 14.4 Å². The number of carbonyl (C=O) groups excluding carboxylic acids is 3. The van der Waals surface area contributed by atoms with Crippen LogP contribution in [0.15, 0.2) is 60.7 Å². The minimum absolute atomic E-state index is 0.102. The van der Waals surface area contributed by atoms with Crippen molar-refractivity contribution >= 4 is 17.8 Å². The number of nitrogens with zero attached hydrogens (tertiary/aromatic N) is 3. The summed E-state index contributed by atoms with van der Waals surface area (Å²) in [5, 5.41) is 3.06. The number of hydrogen-bond acceptors (Lipinski definition) is 4. The van der Waals surface area contributed by atoms with Crippen LogP contribution in [0.2, 0.25) is 0 Å². The Bertz CT molecular complexity index is 1000. The van der Waals surface area contributed by atoms with Crippen molar-refractivity contribution in [2.24, 2.45) is 0 Å². The van der Waals surface area contributed by atoms with E-state index in [0.717, 1.165) is 48.0 Å². The highest BCUT2D eigenvalue weighted by Crippen LogP contribution is 2.32. The van der Waals surface area contributed by atoms with Gasteiger partial charge in [-0.3, -0.25) is 14.5 Å². The second-order valence-electron chi connectivity index (χ2n) is 9.24. The van der Waals surface area contributed by atoms with E-state index in [2.05, 4.69) is 10.2 Å². The molecule has 1 N–H and O–H groups in total. The number of nitrogens with one attached hydrogen (secondary N) is 1. The van der Waals surface area contributed by atoms with Gasteiger partial charge in [0.1, 0.15) is 12.6 Å². The van der Waals surface area contributed by atoms with Gasteiger partial charge in [0.25, 0.3) is 5.91 Å². The topological polar surface area (TPSA) is 73.0 Å². The Labute approximate surface area is 194 Å². The molecular weight excluding hydrogens is 416 g/mol. The first kappa shape index (κ1) is 21.6. The molecule has 0 radical (unpaired) electrons. The summed E-state index contributed by atoms with van der Waals surface area (Å²) in [4.78, 5) is 44.6. The lowest BCUT2D eigenvalue weighted by molar-refractivity contribution is -0.133. The van der Waals surface area contributed by atoms with E-state index in [-0.39, 0.29) is 24.4 Å². The summed E-state index contributed by atoms with van der Waals surface area (Å²) in [5.74, 6) is -0.615. The molecule has 172 valence electrons. The molecular formula is C26H30N4O3. The average molecular weight is 447 g/mol. The van der Waals surface area contributed by atoms with Gasteiger partial charge < -0.3 is 15.1 Å². The number of urea groups is 1. The molecule has 2 aromatic carbocycles. The summed E-state index contributed by atoms with van der Waals surface area (Å²) in [6, 6.07) is 18.6. The lowest BCUT2D eigenvalue weighted by atomic mass is 10.0. The van der Waals surface area contributed by atoms with Gasteiger partial charge in [0, 0.05) is 31.7 Å². The molecule has 2 aliphatic heterocycles. The van der Waals surface area contributed by atoms with Crippen LogP contribution in [0.4, 0.5) is 4.79 Å². The molecule has 0 spiro atoms. The highest BCUT2D eigenvalue weighted by Gasteiger charge is 2.46. The number of imide groups is 1. The quantitative estimate of drug-likeness (QED) is 0.664. The number of benzene rings is 2. The molecule has 1 atom stereocenters. The van der Waals surface area contributed by atoms with E-state index in [1.807, 2.05) is 60.7 Å². The van der Waals surface area contributed by atoms with Crippen LogP contribution >= 0.6 is 0 Å². The van der Waals surface area contributed by atoms with Crippen molar-refractivity contribution in [3.05, 3.63) is 71.8 Å². The Morgan fingerprint density at radius 1 is 0.879 bits per heavy atom. The van der Waals surface area contributed by atoms with Gasteiger partial charge in [-0.1, -0.05) is 60.7 Å². The molecule has 3 aliphatic rings. The molecule has 0 bridgehead atoms. The number of rotatable bonds is 7. The number of hydrogen-bond donors (Lipinski definition) is 1. The molecule has 1 saturated carbocycles. The zero-order valence-electron chi connectivity index (χ0n) is 18.7. The predicted octanol–water partition coefficient (Wildman–Crippen LogP) is 2.94. The molecule has 2 saturated heterocycles. The van der Waals surface area contributed by atoms with Crippen LogP contribution in [0.5, 0.6) is 0 Å². The molecule has 1 aliphatic carbocycles. The third-order valence-corrected chi connectivity index (χ3v) is 6.86. The monoisotopic (exact) mass is 446 g/mol. The maximum Gasteiger partial charge on any atom is 0.328 e. The van der Waals surface area contributed by atoms with Crippen LogP contribution in [0, 0.1) is 0 Å². The molecule has 2 heterocycles. The maximum atomic E-state index is 13.3. The van der Waals surface area contributed by atoms with Crippen molar-refractivity contribution in [1.82, 2.24) is 20.0 Å². The third kappa shape index (κ3) is 4.78. The molecule has 1 unspecified atom stereocenters. The standard InChI is InChI=1S/C26H30N4O3/c31-23(27-21-13-15-28(16-14-21)22-11-12-22)18-30-25(32)24(20-9-5-2-6-10-20)29(26(30)33)17-19-7-3-1-4-8-19/h1-10,21-22,24H,11-18H2,(H,27,31). The van der Waals surface area contributed by atoms with Crippen molar-refractivity contribution in [3.63, 3.8) is 0 Å². The second kappa shape index (κ2) is 9.35. The van der Waals surface area contributed by atoms with Crippen LogP contribution in [0.3, 0.4) is 0 Å². The van der Waals surface area contributed by atoms with Gasteiger partial charge >= 0.3 is 6.03 Å². The average Bonchev–Trinajstić information content (AvgIpc) is 3.66. The van der Waals surface area contributed by atoms with Crippen LogP contribution in [0.1, 0.15) is 42.9 Å². The normalized spacial score (nSPS) is 22.1. The first-order valence-electron chi connectivity index (χ1n) is 11.8. The van der Waals surface area contributed by atoms with Crippen molar-refractivity contribution in [3.8, 4) is 0 Å². The lowest BCUT2D eigenvalue weighted by Crippen LogP contribution is -2.48. The Kier molecular flexibility index (Phi) is 6.13. The summed E-state index contributed by atoms with van der Waals surface area (Å²) in [5.41, 5.74) is 1.69. The maximum absolute atomic E-state index is 13.3. The lowest BCUT2D eigenvalue weighted by Gasteiger charge is -2.32. The zero-order chi connectivity index (χ0) is 22.8. The summed E-state index contributed by atoms with van der Waals surface area (Å²) in [7, 11) is 0.